The molecule has 0 aliphatic carbocycles. The summed E-state index contributed by atoms with van der Waals surface area (Å²) in [5, 5.41) is 11.5. The Kier molecular flexibility index (Phi) is 4.97. The van der Waals surface area contributed by atoms with Crippen molar-refractivity contribution in [2.24, 2.45) is 4.40 Å². The first-order valence-corrected chi connectivity index (χ1v) is 6.94. The number of hydrogen-bond acceptors (Lipinski definition) is 5. The average Bonchev–Trinajstić information content (AvgIpc) is 2.37. The molecule has 0 radical (unpaired) electrons. The Morgan fingerprint density at radius 2 is 1.95 bits per heavy atom. The number of hydrogen-bond donors (Lipinski definition) is 0. The third-order valence-corrected chi connectivity index (χ3v) is 3.13. The van der Waals surface area contributed by atoms with Crippen molar-refractivity contribution in [3.05, 3.63) is 42.0 Å². The van der Waals surface area contributed by atoms with E-state index in [-0.39, 0.29) is 11.3 Å². The molecule has 10 heteroatoms. The van der Waals surface area contributed by atoms with Crippen molar-refractivity contribution in [3.8, 4) is 5.75 Å². The van der Waals surface area contributed by atoms with Gasteiger partial charge in [-0.2, -0.15) is 26.0 Å². The summed E-state index contributed by atoms with van der Waals surface area (Å²) in [6.45, 7) is 4.68. The Bertz CT molecular complexity index is 737. The molecule has 0 atom stereocenters. The summed E-state index contributed by atoms with van der Waals surface area (Å²) in [7, 11) is -5.94. The highest BCUT2D eigenvalue weighted by molar-refractivity contribution is 7.91. The van der Waals surface area contributed by atoms with Crippen LogP contribution in [-0.2, 0) is 14.8 Å². The van der Waals surface area contributed by atoms with Gasteiger partial charge < -0.3 is 9.84 Å². The Balaban J connectivity index is 3.13. The molecule has 120 valence electrons. The first-order chi connectivity index (χ1) is 9.94. The average molecular weight is 336 g/mol. The third kappa shape index (κ3) is 4.32. The molecule has 0 aromatic heterocycles. The quantitative estimate of drug-likeness (QED) is 0.270. The number of alkyl halides is 3. The predicted molar refractivity (Wildman–Crippen MR) is 68.4 cm³/mol. The number of ether oxygens (including phenoxy) is 1. The second kappa shape index (κ2) is 6.18. The number of carbonyl (C=O) groups is 1. The monoisotopic (exact) mass is 336 g/mol. The normalized spacial score (nSPS) is 12.8. The molecule has 0 fully saturated rings. The Morgan fingerprint density at radius 1 is 1.36 bits per heavy atom. The largest absolute Gasteiger partial charge is 0.858 e. The van der Waals surface area contributed by atoms with E-state index >= 15 is 0 Å². The second-order valence-electron chi connectivity index (χ2n) is 4.01. The van der Waals surface area contributed by atoms with Gasteiger partial charge in [0.05, 0.1) is 0 Å². The summed E-state index contributed by atoms with van der Waals surface area (Å²) in [5.74, 6) is -2.62. The van der Waals surface area contributed by atoms with Gasteiger partial charge in [-0.1, -0.05) is 18.7 Å². The van der Waals surface area contributed by atoms with Crippen molar-refractivity contribution in [2.75, 3.05) is 0 Å². The molecule has 0 spiro atoms. The summed E-state index contributed by atoms with van der Waals surface area (Å²) >= 11 is 0. The zero-order valence-corrected chi connectivity index (χ0v) is 11.9. The van der Waals surface area contributed by atoms with Crippen LogP contribution in [0.4, 0.5) is 13.2 Å². The van der Waals surface area contributed by atoms with E-state index in [0.29, 0.717) is 0 Å². The second-order valence-corrected chi connectivity index (χ2v) is 5.61. The minimum Gasteiger partial charge on any atom is -0.858 e. The Labute approximate surface area is 123 Å². The SMILES string of the molecule is C=C(C)C(=O)Oc1cccc(C([O-])=NS(=O)(=O)C(F)(F)F)c1. The van der Waals surface area contributed by atoms with Crippen molar-refractivity contribution in [3.63, 3.8) is 0 Å². The molecule has 0 saturated carbocycles. The maximum Gasteiger partial charge on any atom is 0.518 e. The van der Waals surface area contributed by atoms with E-state index in [2.05, 4.69) is 11.0 Å². The number of nitrogens with zero attached hydrogens (tertiary/aromatic N) is 1. The number of sulfonamides is 1. The molecule has 0 aliphatic heterocycles. The van der Waals surface area contributed by atoms with E-state index in [1.165, 1.54) is 19.1 Å². The van der Waals surface area contributed by atoms with Crippen LogP contribution in [0.15, 0.2) is 40.8 Å². The van der Waals surface area contributed by atoms with Crippen LogP contribution in [0.25, 0.3) is 0 Å². The fourth-order valence-corrected chi connectivity index (χ4v) is 1.53. The highest BCUT2D eigenvalue weighted by atomic mass is 32.2. The number of halogens is 3. The van der Waals surface area contributed by atoms with Crippen molar-refractivity contribution in [1.82, 2.24) is 0 Å². The lowest BCUT2D eigenvalue weighted by atomic mass is 10.2. The van der Waals surface area contributed by atoms with Crippen molar-refractivity contribution in [1.29, 1.82) is 0 Å². The molecule has 0 N–H and O–H groups in total. The summed E-state index contributed by atoms with van der Waals surface area (Å²) in [6.07, 6.45) is 0. The first kappa shape index (κ1) is 17.7. The minimum absolute atomic E-state index is 0.0565. The molecule has 0 saturated heterocycles. The van der Waals surface area contributed by atoms with Crippen molar-refractivity contribution >= 4 is 21.9 Å². The smallest absolute Gasteiger partial charge is 0.518 e. The first-order valence-electron chi connectivity index (χ1n) is 5.50. The van der Waals surface area contributed by atoms with Gasteiger partial charge in [0, 0.05) is 11.5 Å². The predicted octanol–water partition coefficient (Wildman–Crippen LogP) is 1.12. The Hall–Kier alpha value is -2.36. The van der Waals surface area contributed by atoms with Crippen molar-refractivity contribution < 1.29 is 36.2 Å². The summed E-state index contributed by atoms with van der Waals surface area (Å²) in [4.78, 5) is 11.3. The van der Waals surface area contributed by atoms with Crippen LogP contribution in [0.3, 0.4) is 0 Å². The molecule has 22 heavy (non-hydrogen) atoms. The van der Waals surface area contributed by atoms with Crippen LogP contribution in [0, 0.1) is 0 Å². The molecule has 6 nitrogen and oxygen atoms in total. The van der Waals surface area contributed by atoms with Gasteiger partial charge in [0.2, 0.25) is 0 Å². The van der Waals surface area contributed by atoms with E-state index in [9.17, 15) is 31.5 Å². The van der Waals surface area contributed by atoms with E-state index in [1.54, 1.807) is 0 Å². The van der Waals surface area contributed by atoms with Gasteiger partial charge in [0.25, 0.3) is 0 Å². The molecule has 0 heterocycles. The van der Waals surface area contributed by atoms with Gasteiger partial charge in [0.15, 0.2) is 0 Å². The van der Waals surface area contributed by atoms with Gasteiger partial charge in [-0.3, -0.25) is 0 Å². The molecule has 0 unspecified atom stereocenters. The number of esters is 1. The number of carbonyl (C=O) groups excluding carboxylic acids is 1. The summed E-state index contributed by atoms with van der Waals surface area (Å²) < 4.78 is 64.9. The van der Waals surface area contributed by atoms with Gasteiger partial charge in [-0.05, 0) is 24.6 Å². The van der Waals surface area contributed by atoms with E-state index in [4.69, 9.17) is 4.74 Å². The molecule has 1 rings (SSSR count). The molecule has 0 bridgehead atoms. The zero-order chi connectivity index (χ0) is 17.1. The van der Waals surface area contributed by atoms with Crippen LogP contribution in [0.5, 0.6) is 5.75 Å². The van der Waals surface area contributed by atoms with E-state index < -0.39 is 33.0 Å². The van der Waals surface area contributed by atoms with Gasteiger partial charge in [-0.15, -0.1) is 0 Å². The molecule has 0 amide bonds. The third-order valence-electron chi connectivity index (χ3n) is 2.14. The lowest BCUT2D eigenvalue weighted by Crippen LogP contribution is -2.27. The maximum absolute atomic E-state index is 12.1. The van der Waals surface area contributed by atoms with Gasteiger partial charge in [0.1, 0.15) is 5.75 Å². The lowest BCUT2D eigenvalue weighted by molar-refractivity contribution is -0.212. The van der Waals surface area contributed by atoms with Crippen LogP contribution in [-0.4, -0.2) is 25.8 Å². The molecular weight excluding hydrogens is 327 g/mol. The van der Waals surface area contributed by atoms with Crippen molar-refractivity contribution in [2.45, 2.75) is 12.4 Å². The molecular formula is C12H9F3NO5S-. The molecule has 1 aromatic rings. The summed E-state index contributed by atoms with van der Waals surface area (Å²) in [6, 6.07) is 4.34. The topological polar surface area (TPSA) is 95.9 Å². The van der Waals surface area contributed by atoms with E-state index in [0.717, 1.165) is 12.1 Å². The highest BCUT2D eigenvalue weighted by Gasteiger charge is 2.45. The standard InChI is InChI=1S/C12H10F3NO5S/c1-7(2)11(18)21-9-5-3-4-8(6-9)10(17)16-22(19,20)12(13,14)15/h3-6H,1H2,2H3,(H,16,17)/p-1. The highest BCUT2D eigenvalue weighted by Crippen LogP contribution is 2.25. The van der Waals surface area contributed by atoms with Crippen LogP contribution >= 0.6 is 0 Å². The number of benzene rings is 1. The van der Waals surface area contributed by atoms with Gasteiger partial charge >= 0.3 is 21.5 Å². The van der Waals surface area contributed by atoms with Crippen LogP contribution in [0.2, 0.25) is 0 Å². The zero-order valence-electron chi connectivity index (χ0n) is 11.0. The minimum atomic E-state index is -5.94. The van der Waals surface area contributed by atoms with Gasteiger partial charge in [-0.25, -0.2) is 4.79 Å². The molecule has 1 aromatic carbocycles. The Morgan fingerprint density at radius 3 is 2.45 bits per heavy atom. The van der Waals surface area contributed by atoms with Crippen LogP contribution < -0.4 is 9.84 Å². The fraction of sp³-hybridized carbons (Fsp3) is 0.167. The fourth-order valence-electron chi connectivity index (χ4n) is 1.10. The maximum atomic E-state index is 12.1. The van der Waals surface area contributed by atoms with Crippen LogP contribution in [0.1, 0.15) is 12.5 Å². The lowest BCUT2D eigenvalue weighted by Gasteiger charge is -2.13. The number of rotatable bonds is 4. The summed E-state index contributed by atoms with van der Waals surface area (Å²) in [5.41, 5.74) is -6.10. The van der Waals surface area contributed by atoms with E-state index in [1.807, 2.05) is 0 Å². The molecule has 0 aliphatic rings.